The molecule has 0 atom stereocenters. The minimum atomic E-state index is -0.169. The number of benzene rings is 10. The Hall–Kier alpha value is -9.19. The average molecular weight is 1350 g/mol. The van der Waals surface area contributed by atoms with E-state index in [1.54, 1.807) is 13.0 Å². The number of halogens is 2. The summed E-state index contributed by atoms with van der Waals surface area (Å²) in [5, 5.41) is 8.79. The summed E-state index contributed by atoms with van der Waals surface area (Å²) in [6, 6.07) is 79.4. The lowest BCUT2D eigenvalue weighted by molar-refractivity contribution is 0.569. The second kappa shape index (κ2) is 33.1. The number of hydrogen-bond donors (Lipinski definition) is 0. The first-order valence-electron chi connectivity index (χ1n) is 35.7. The van der Waals surface area contributed by atoms with Gasteiger partial charge in [-0.05, 0) is 190 Å². The molecule has 0 saturated heterocycles. The third kappa shape index (κ3) is 23.4. The Bertz CT molecular complexity index is 4720. The fraction of sp³-hybridized carbons (Fsp3) is 0.323. The highest BCUT2D eigenvalue weighted by Crippen LogP contribution is 2.33. The normalized spacial score (nSPS) is 11.9. The van der Waals surface area contributed by atoms with Gasteiger partial charge in [-0.3, -0.25) is 15.0 Å². The van der Waals surface area contributed by atoms with Crippen LogP contribution in [-0.2, 0) is 37.9 Å². The molecule has 10 aromatic carbocycles. The predicted molar refractivity (Wildman–Crippen MR) is 436 cm³/mol. The molecule has 3 nitrogen and oxygen atoms in total. The zero-order valence-electron chi connectivity index (χ0n) is 65.3. The summed E-state index contributed by atoms with van der Waals surface area (Å²) in [5.41, 5.74) is 19.2. The van der Waals surface area contributed by atoms with Crippen LogP contribution in [0.5, 0.6) is 0 Å². The van der Waals surface area contributed by atoms with E-state index in [0.29, 0.717) is 5.56 Å². The number of nitrogens with zero attached hydrogens (tertiary/aromatic N) is 3. The number of hydrogen-bond acceptors (Lipinski definition) is 3. The van der Waals surface area contributed by atoms with Crippen molar-refractivity contribution in [3.8, 4) is 11.1 Å². The lowest BCUT2D eigenvalue weighted by Crippen LogP contribution is -2.11. The van der Waals surface area contributed by atoms with Gasteiger partial charge in [-0.15, -0.1) is 0 Å². The lowest BCUT2D eigenvalue weighted by atomic mass is 9.85. The molecule has 5 heteroatoms. The second-order valence-electron chi connectivity index (χ2n) is 34.1. The topological polar surface area (TPSA) is 38.7 Å². The summed E-state index contributed by atoms with van der Waals surface area (Å²) in [5.74, 6) is -0.277. The molecule has 13 aromatic rings. The van der Waals surface area contributed by atoms with E-state index >= 15 is 0 Å². The van der Waals surface area contributed by atoms with Crippen molar-refractivity contribution in [2.45, 2.75) is 204 Å². The first-order chi connectivity index (χ1) is 47.0. The van der Waals surface area contributed by atoms with E-state index in [-0.39, 0.29) is 49.5 Å². The average Bonchev–Trinajstić information content (AvgIpc) is 0.788. The Morgan fingerprint density at radius 3 is 1.08 bits per heavy atom. The van der Waals surface area contributed by atoms with E-state index in [0.717, 1.165) is 32.9 Å². The maximum atomic E-state index is 13.1. The Labute approximate surface area is 606 Å². The summed E-state index contributed by atoms with van der Waals surface area (Å²) in [4.78, 5) is 13.4. The summed E-state index contributed by atoms with van der Waals surface area (Å²) < 4.78 is 25.6. The number of pyridine rings is 3. The smallest absolute Gasteiger partial charge is 0.126 e. The van der Waals surface area contributed by atoms with Gasteiger partial charge in [0.2, 0.25) is 0 Å². The van der Waals surface area contributed by atoms with Crippen LogP contribution in [0.3, 0.4) is 0 Å². The summed E-state index contributed by atoms with van der Waals surface area (Å²) in [7, 11) is 0. The molecule has 13 rings (SSSR count). The van der Waals surface area contributed by atoms with Gasteiger partial charge in [0.25, 0.3) is 0 Å². The van der Waals surface area contributed by atoms with Gasteiger partial charge in [0.15, 0.2) is 0 Å². The van der Waals surface area contributed by atoms with Gasteiger partial charge in [-0.2, -0.15) is 0 Å². The highest BCUT2D eigenvalue weighted by molar-refractivity contribution is 6.02. The first kappa shape index (κ1) is 79.1. The standard InChI is InChI=1S/C18H18.C17H20.C16H16N2.C13H15N.C11H15F.C11H16.C10H13F/c1-18(2,3)17-9-8-15-10-13-6-4-5-7-14(13)11-16(15)12-17;1-13-5-7-14(8-6-13)15-9-11-16(12-10-15)17(2,3)4;1-16(2,3)13-9-12-7-6-11-5-4-8-17-14(11)15(12)18-10-13;1-13(2,3)11-7-6-10-5-4-8-14-12(10)9-11;1-8-5-6-9(7-10(8)12)11(2,3)4;1-9-5-7-10(8-6-9)11(2,3)4;1-10(2,3)8-4-6-9(11)7-5-8/h4-12H,1-3H3;5-12H,1-4H3;4-10H,1-3H3;4-9H,1-3H3;5-7H,1-4H3;5-8H,1-4H3;4-7H,1-3H3. The zero-order valence-corrected chi connectivity index (χ0v) is 65.3. The van der Waals surface area contributed by atoms with E-state index < -0.39 is 0 Å². The van der Waals surface area contributed by atoms with Crippen LogP contribution in [-0.4, -0.2) is 15.0 Å². The van der Waals surface area contributed by atoms with E-state index in [9.17, 15) is 8.78 Å². The summed E-state index contributed by atoms with van der Waals surface area (Å²) in [6.45, 7) is 52.1. The van der Waals surface area contributed by atoms with Crippen LogP contribution in [0.1, 0.15) is 201 Å². The minimum Gasteiger partial charge on any atom is -0.256 e. The van der Waals surface area contributed by atoms with Crippen LogP contribution in [0, 0.1) is 32.4 Å². The fourth-order valence-corrected chi connectivity index (χ4v) is 11.1. The van der Waals surface area contributed by atoms with Crippen molar-refractivity contribution in [1.82, 2.24) is 15.0 Å². The van der Waals surface area contributed by atoms with Crippen molar-refractivity contribution in [3.05, 3.63) is 316 Å². The second-order valence-corrected chi connectivity index (χ2v) is 34.1. The minimum absolute atomic E-state index is 0.0362. The number of fused-ring (bicyclic) bond motifs is 6. The molecular weight excluding hydrogens is 1230 g/mol. The van der Waals surface area contributed by atoms with Crippen molar-refractivity contribution < 1.29 is 8.78 Å². The van der Waals surface area contributed by atoms with Crippen molar-refractivity contribution in [1.29, 1.82) is 0 Å². The Morgan fingerprint density at radius 2 is 0.584 bits per heavy atom. The van der Waals surface area contributed by atoms with E-state index in [1.807, 2.05) is 55.0 Å². The molecular formula is C96H113F2N3. The van der Waals surface area contributed by atoms with E-state index in [1.165, 1.54) is 94.7 Å². The quantitative estimate of drug-likeness (QED) is 0.121. The molecule has 0 aliphatic heterocycles. The van der Waals surface area contributed by atoms with Crippen molar-refractivity contribution in [3.63, 3.8) is 0 Å². The van der Waals surface area contributed by atoms with Gasteiger partial charge in [-0.25, -0.2) is 8.78 Å². The number of aromatic nitrogens is 3. The highest BCUT2D eigenvalue weighted by Gasteiger charge is 2.19. The van der Waals surface area contributed by atoms with Crippen LogP contribution in [0.2, 0.25) is 0 Å². The van der Waals surface area contributed by atoms with Gasteiger partial charge in [0.1, 0.15) is 11.6 Å². The van der Waals surface area contributed by atoms with Crippen LogP contribution in [0.15, 0.2) is 249 Å². The monoisotopic (exact) mass is 1350 g/mol. The van der Waals surface area contributed by atoms with Crippen LogP contribution < -0.4 is 0 Å². The molecule has 0 saturated carbocycles. The molecule has 0 radical (unpaired) electrons. The fourth-order valence-electron chi connectivity index (χ4n) is 11.1. The van der Waals surface area contributed by atoms with E-state index in [4.69, 9.17) is 0 Å². The Balaban J connectivity index is 0.000000167. The molecule has 3 heterocycles. The predicted octanol–water partition coefficient (Wildman–Crippen LogP) is 27.7. The third-order valence-electron chi connectivity index (χ3n) is 18.1. The molecule has 0 N–H and O–H groups in total. The van der Waals surface area contributed by atoms with Crippen LogP contribution >= 0.6 is 0 Å². The molecule has 0 spiro atoms. The molecule has 101 heavy (non-hydrogen) atoms. The molecule has 0 fully saturated rings. The number of aryl methyl sites for hydroxylation is 3. The Kier molecular flexibility index (Phi) is 25.9. The van der Waals surface area contributed by atoms with Crippen molar-refractivity contribution in [2.75, 3.05) is 0 Å². The van der Waals surface area contributed by atoms with Gasteiger partial charge in [0.05, 0.1) is 16.6 Å². The first-order valence-corrected chi connectivity index (χ1v) is 35.7. The highest BCUT2D eigenvalue weighted by atomic mass is 19.1. The molecule has 0 bridgehead atoms. The lowest BCUT2D eigenvalue weighted by Gasteiger charge is -2.19. The maximum absolute atomic E-state index is 13.1. The van der Waals surface area contributed by atoms with Crippen LogP contribution in [0.25, 0.3) is 65.4 Å². The molecule has 0 aliphatic carbocycles. The van der Waals surface area contributed by atoms with Crippen LogP contribution in [0.4, 0.5) is 8.78 Å². The largest absolute Gasteiger partial charge is 0.256 e. The summed E-state index contributed by atoms with van der Waals surface area (Å²) in [6.07, 6.45) is 5.63. The van der Waals surface area contributed by atoms with Gasteiger partial charge < -0.3 is 0 Å². The maximum Gasteiger partial charge on any atom is 0.126 e. The Morgan fingerprint density at radius 1 is 0.248 bits per heavy atom. The molecule has 526 valence electrons. The van der Waals surface area contributed by atoms with Gasteiger partial charge >= 0.3 is 0 Å². The molecule has 0 unspecified atom stereocenters. The van der Waals surface area contributed by atoms with Crippen molar-refractivity contribution in [2.24, 2.45) is 0 Å². The molecule has 0 aliphatic rings. The summed E-state index contributed by atoms with van der Waals surface area (Å²) >= 11 is 0. The third-order valence-corrected chi connectivity index (χ3v) is 18.1. The van der Waals surface area contributed by atoms with E-state index in [2.05, 4.69) is 350 Å². The number of rotatable bonds is 1. The van der Waals surface area contributed by atoms with Gasteiger partial charge in [0, 0.05) is 34.7 Å². The van der Waals surface area contributed by atoms with Crippen molar-refractivity contribution >= 4 is 54.3 Å². The molecule has 0 amide bonds. The van der Waals surface area contributed by atoms with Gasteiger partial charge in [-0.1, -0.05) is 332 Å². The molecule has 3 aromatic heterocycles. The zero-order chi connectivity index (χ0) is 74.5. The SMILES string of the molecule is CC(C)(C)c1ccc(F)cc1.CC(C)(C)c1ccc2cc3ccccc3cc2c1.CC(C)(C)c1ccc2cccnc2c1.CC(C)(C)c1cnc2c(ccc3cccnc32)c1.Cc1ccc(-c2ccc(C(C)(C)C)cc2)cc1.Cc1ccc(C(C)(C)C)cc1.Cc1ccc(C(C)(C)C)cc1F.